The minimum Gasteiger partial charge on any atom is -0.484 e. The van der Waals surface area contributed by atoms with Gasteiger partial charge >= 0.3 is 0 Å². The largest absolute Gasteiger partial charge is 0.484 e. The van der Waals surface area contributed by atoms with Crippen LogP contribution < -0.4 is 10.1 Å². The van der Waals surface area contributed by atoms with Gasteiger partial charge in [-0.15, -0.1) is 0 Å². The first-order chi connectivity index (χ1) is 12.7. The highest BCUT2D eigenvalue weighted by Crippen LogP contribution is 2.23. The van der Waals surface area contributed by atoms with E-state index in [0.717, 1.165) is 34.4 Å². The molecule has 0 fully saturated rings. The summed E-state index contributed by atoms with van der Waals surface area (Å²) in [5.41, 5.74) is 5.36. The van der Waals surface area contributed by atoms with Crippen molar-refractivity contribution in [3.63, 3.8) is 0 Å². The summed E-state index contributed by atoms with van der Waals surface area (Å²) in [5, 5.41) is 2.97. The number of carbonyl (C=O) groups excluding carboxylic acids is 1. The molecular formula is C23H23NO2. The first-order valence-electron chi connectivity index (χ1n) is 8.84. The molecule has 3 rings (SSSR count). The van der Waals surface area contributed by atoms with Crippen LogP contribution in [-0.4, -0.2) is 12.5 Å². The van der Waals surface area contributed by atoms with E-state index in [1.807, 2.05) is 67.6 Å². The number of benzene rings is 3. The van der Waals surface area contributed by atoms with Crippen molar-refractivity contribution in [1.29, 1.82) is 0 Å². The summed E-state index contributed by atoms with van der Waals surface area (Å²) in [6.45, 7) is 4.06. The number of hydrogen-bond donors (Lipinski definition) is 1. The molecule has 0 radical (unpaired) electrons. The van der Waals surface area contributed by atoms with Gasteiger partial charge in [0.05, 0.1) is 0 Å². The minimum atomic E-state index is -0.152. The van der Waals surface area contributed by atoms with Crippen molar-refractivity contribution in [2.24, 2.45) is 0 Å². The minimum absolute atomic E-state index is 0.0117. The summed E-state index contributed by atoms with van der Waals surface area (Å²) >= 11 is 0. The molecule has 0 unspecified atom stereocenters. The molecule has 0 saturated carbocycles. The molecule has 0 atom stereocenters. The maximum Gasteiger partial charge on any atom is 0.262 e. The molecule has 0 heterocycles. The highest BCUT2D eigenvalue weighted by atomic mass is 16.5. The fourth-order valence-electron chi connectivity index (χ4n) is 2.90. The second kappa shape index (κ2) is 8.34. The molecule has 0 aliphatic rings. The van der Waals surface area contributed by atoms with E-state index in [1.165, 1.54) is 0 Å². The van der Waals surface area contributed by atoms with Gasteiger partial charge in [-0.25, -0.2) is 0 Å². The highest BCUT2D eigenvalue weighted by molar-refractivity contribution is 5.93. The molecule has 1 N–H and O–H groups in total. The maximum absolute atomic E-state index is 12.3. The second-order valence-corrected chi connectivity index (χ2v) is 6.19. The van der Waals surface area contributed by atoms with Crippen LogP contribution in [0, 0.1) is 6.92 Å². The third kappa shape index (κ3) is 4.31. The van der Waals surface area contributed by atoms with E-state index in [1.54, 1.807) is 0 Å². The Bertz CT molecular complexity index is 870. The third-order valence-electron chi connectivity index (χ3n) is 4.34. The van der Waals surface area contributed by atoms with E-state index in [2.05, 4.69) is 24.4 Å². The van der Waals surface area contributed by atoms with Crippen molar-refractivity contribution in [2.75, 3.05) is 11.9 Å². The number of carbonyl (C=O) groups is 1. The van der Waals surface area contributed by atoms with Crippen molar-refractivity contribution < 1.29 is 9.53 Å². The SMILES string of the molecule is CCc1cccc(C)c1NC(=O)COc1ccc(-c2ccccc2)cc1. The molecule has 0 saturated heterocycles. The number of aryl methyl sites for hydroxylation is 2. The lowest BCUT2D eigenvalue weighted by Crippen LogP contribution is -2.21. The van der Waals surface area contributed by atoms with E-state index >= 15 is 0 Å². The third-order valence-corrected chi connectivity index (χ3v) is 4.34. The summed E-state index contributed by atoms with van der Waals surface area (Å²) in [6.07, 6.45) is 0.874. The fraction of sp³-hybridized carbons (Fsp3) is 0.174. The Morgan fingerprint density at radius 3 is 2.27 bits per heavy atom. The Balaban J connectivity index is 1.60. The van der Waals surface area contributed by atoms with Gasteiger partial charge in [-0.05, 0) is 47.7 Å². The van der Waals surface area contributed by atoms with Gasteiger partial charge in [0.15, 0.2) is 6.61 Å². The van der Waals surface area contributed by atoms with Crippen LogP contribution in [0.4, 0.5) is 5.69 Å². The standard InChI is InChI=1S/C23H23NO2/c1-3-18-11-7-8-17(2)23(18)24-22(25)16-26-21-14-12-20(13-15-21)19-9-5-4-6-10-19/h4-15H,3,16H2,1-2H3,(H,24,25). The summed E-state index contributed by atoms with van der Waals surface area (Å²) in [4.78, 5) is 12.3. The van der Waals surface area contributed by atoms with Crippen LogP contribution in [0.3, 0.4) is 0 Å². The normalized spacial score (nSPS) is 10.4. The van der Waals surface area contributed by atoms with Crippen molar-refractivity contribution in [1.82, 2.24) is 0 Å². The average Bonchev–Trinajstić information content (AvgIpc) is 2.69. The van der Waals surface area contributed by atoms with Crippen molar-refractivity contribution in [3.8, 4) is 16.9 Å². The Morgan fingerprint density at radius 2 is 1.58 bits per heavy atom. The Morgan fingerprint density at radius 1 is 0.885 bits per heavy atom. The van der Waals surface area contributed by atoms with Crippen LogP contribution in [0.25, 0.3) is 11.1 Å². The summed E-state index contributed by atoms with van der Waals surface area (Å²) in [6, 6.07) is 24.0. The predicted octanol–water partition coefficient (Wildman–Crippen LogP) is 5.24. The number of hydrogen-bond acceptors (Lipinski definition) is 2. The van der Waals surface area contributed by atoms with Gasteiger partial charge in [0.2, 0.25) is 0 Å². The number of ether oxygens (including phenoxy) is 1. The summed E-state index contributed by atoms with van der Waals surface area (Å²) in [5.74, 6) is 0.529. The molecule has 0 bridgehead atoms. The Labute approximate surface area is 154 Å². The molecule has 0 spiro atoms. The van der Waals surface area contributed by atoms with Crippen molar-refractivity contribution in [2.45, 2.75) is 20.3 Å². The number of nitrogens with one attached hydrogen (secondary N) is 1. The molecule has 132 valence electrons. The van der Waals surface area contributed by atoms with E-state index in [9.17, 15) is 4.79 Å². The monoisotopic (exact) mass is 345 g/mol. The van der Waals surface area contributed by atoms with Crippen LogP contribution in [0.2, 0.25) is 0 Å². The van der Waals surface area contributed by atoms with Crippen molar-refractivity contribution >= 4 is 11.6 Å². The quantitative estimate of drug-likeness (QED) is 0.663. The van der Waals surface area contributed by atoms with E-state index < -0.39 is 0 Å². The van der Waals surface area contributed by atoms with Gasteiger partial charge in [0, 0.05) is 5.69 Å². The average molecular weight is 345 g/mol. The number of para-hydroxylation sites is 1. The summed E-state index contributed by atoms with van der Waals surface area (Å²) < 4.78 is 5.63. The van der Waals surface area contributed by atoms with Crippen LogP contribution in [-0.2, 0) is 11.2 Å². The van der Waals surface area contributed by atoms with E-state index in [0.29, 0.717) is 5.75 Å². The fourth-order valence-corrected chi connectivity index (χ4v) is 2.90. The lowest BCUT2D eigenvalue weighted by atomic mass is 10.1. The van der Waals surface area contributed by atoms with Gasteiger partial charge in [0.1, 0.15) is 5.75 Å². The molecule has 3 nitrogen and oxygen atoms in total. The van der Waals surface area contributed by atoms with Gasteiger partial charge in [-0.1, -0.05) is 67.6 Å². The van der Waals surface area contributed by atoms with Crippen LogP contribution >= 0.6 is 0 Å². The van der Waals surface area contributed by atoms with Gasteiger partial charge in [0.25, 0.3) is 5.91 Å². The number of rotatable bonds is 6. The lowest BCUT2D eigenvalue weighted by Gasteiger charge is -2.13. The zero-order valence-corrected chi connectivity index (χ0v) is 15.2. The molecule has 26 heavy (non-hydrogen) atoms. The molecule has 3 aromatic carbocycles. The van der Waals surface area contributed by atoms with Crippen LogP contribution in [0.15, 0.2) is 72.8 Å². The topological polar surface area (TPSA) is 38.3 Å². The van der Waals surface area contributed by atoms with Gasteiger partial charge in [-0.3, -0.25) is 4.79 Å². The molecule has 3 aromatic rings. The predicted molar refractivity (Wildman–Crippen MR) is 107 cm³/mol. The van der Waals surface area contributed by atoms with Crippen LogP contribution in [0.1, 0.15) is 18.1 Å². The zero-order valence-electron chi connectivity index (χ0n) is 15.2. The van der Waals surface area contributed by atoms with Gasteiger partial charge in [-0.2, -0.15) is 0 Å². The van der Waals surface area contributed by atoms with Crippen LogP contribution in [0.5, 0.6) is 5.75 Å². The Kier molecular flexibility index (Phi) is 5.69. The van der Waals surface area contributed by atoms with Gasteiger partial charge < -0.3 is 10.1 Å². The molecular weight excluding hydrogens is 322 g/mol. The molecule has 0 aromatic heterocycles. The first kappa shape index (κ1) is 17.7. The molecule has 0 aliphatic carbocycles. The Hall–Kier alpha value is -3.07. The molecule has 3 heteroatoms. The summed E-state index contributed by atoms with van der Waals surface area (Å²) in [7, 11) is 0. The second-order valence-electron chi connectivity index (χ2n) is 6.19. The highest BCUT2D eigenvalue weighted by Gasteiger charge is 2.09. The lowest BCUT2D eigenvalue weighted by molar-refractivity contribution is -0.118. The number of anilines is 1. The smallest absolute Gasteiger partial charge is 0.262 e. The van der Waals surface area contributed by atoms with Crippen molar-refractivity contribution in [3.05, 3.63) is 83.9 Å². The zero-order chi connectivity index (χ0) is 18.4. The van der Waals surface area contributed by atoms with E-state index in [-0.39, 0.29) is 12.5 Å². The first-order valence-corrected chi connectivity index (χ1v) is 8.84. The van der Waals surface area contributed by atoms with E-state index in [4.69, 9.17) is 4.74 Å². The molecule has 1 amide bonds. The number of amides is 1. The maximum atomic E-state index is 12.3. The molecule has 0 aliphatic heterocycles.